The van der Waals surface area contributed by atoms with Crippen molar-refractivity contribution in [2.75, 3.05) is 17.9 Å². The molecule has 0 saturated heterocycles. The quantitative estimate of drug-likeness (QED) is 0.318. The van der Waals surface area contributed by atoms with Crippen LogP contribution >= 0.6 is 0 Å². The summed E-state index contributed by atoms with van der Waals surface area (Å²) in [5.74, 6) is -1.96. The molecular formula is C25H25FN4O6S. The highest BCUT2D eigenvalue weighted by molar-refractivity contribution is 7.92. The Balaban J connectivity index is 2.08. The van der Waals surface area contributed by atoms with Gasteiger partial charge < -0.3 is 10.2 Å². The van der Waals surface area contributed by atoms with E-state index in [0.29, 0.717) is 0 Å². The molecule has 3 rings (SSSR count). The van der Waals surface area contributed by atoms with Gasteiger partial charge in [0.15, 0.2) is 0 Å². The van der Waals surface area contributed by atoms with Crippen LogP contribution < -0.4 is 9.62 Å². The third-order valence-corrected chi connectivity index (χ3v) is 7.44. The van der Waals surface area contributed by atoms with Gasteiger partial charge in [0.2, 0.25) is 11.8 Å². The van der Waals surface area contributed by atoms with E-state index in [9.17, 15) is 32.5 Å². The minimum Gasteiger partial charge on any atom is -0.357 e. The van der Waals surface area contributed by atoms with Gasteiger partial charge in [-0.1, -0.05) is 42.5 Å². The molecule has 0 aromatic heterocycles. The molecule has 3 aromatic rings. The predicted octanol–water partition coefficient (Wildman–Crippen LogP) is 3.09. The van der Waals surface area contributed by atoms with Gasteiger partial charge in [0.05, 0.1) is 15.5 Å². The topological polar surface area (TPSA) is 130 Å². The number of nitrogens with one attached hydrogen (secondary N) is 1. The molecule has 0 fully saturated rings. The van der Waals surface area contributed by atoms with Gasteiger partial charge in [-0.3, -0.25) is 24.0 Å². The second-order valence-electron chi connectivity index (χ2n) is 8.00. The van der Waals surface area contributed by atoms with Crippen LogP contribution in [0.3, 0.4) is 0 Å². The normalized spacial score (nSPS) is 11.9. The van der Waals surface area contributed by atoms with Gasteiger partial charge in [0.25, 0.3) is 15.7 Å². The Hall–Kier alpha value is -4.32. The maximum absolute atomic E-state index is 14.4. The standard InChI is InChI=1S/C25H25FN4O6S/c1-18(25(32)27-2)28(16-19-9-6-7-14-23(19)26)24(31)17-29(20-10-8-11-21(15-20)30(33)34)37(35,36)22-12-4-3-5-13-22/h3-15,18H,16-17H2,1-2H3,(H,27,32). The predicted molar refractivity (Wildman–Crippen MR) is 135 cm³/mol. The van der Waals surface area contributed by atoms with Gasteiger partial charge in [-0.2, -0.15) is 0 Å². The Morgan fingerprint density at radius 3 is 2.30 bits per heavy atom. The molecule has 1 N–H and O–H groups in total. The lowest BCUT2D eigenvalue weighted by Gasteiger charge is -2.31. The zero-order valence-corrected chi connectivity index (χ0v) is 20.9. The van der Waals surface area contributed by atoms with Gasteiger partial charge in [-0.25, -0.2) is 12.8 Å². The molecule has 0 aliphatic heterocycles. The number of nitro groups is 1. The van der Waals surface area contributed by atoms with Crippen LogP contribution in [0, 0.1) is 15.9 Å². The first-order valence-corrected chi connectivity index (χ1v) is 12.6. The number of sulfonamides is 1. The monoisotopic (exact) mass is 528 g/mol. The number of hydrogen-bond donors (Lipinski definition) is 1. The van der Waals surface area contributed by atoms with Crippen molar-refractivity contribution in [2.24, 2.45) is 0 Å². The Morgan fingerprint density at radius 1 is 1.03 bits per heavy atom. The molecule has 0 saturated carbocycles. The number of anilines is 1. The van der Waals surface area contributed by atoms with E-state index in [-0.39, 0.29) is 28.4 Å². The number of carbonyl (C=O) groups excluding carboxylic acids is 2. The molecule has 0 aliphatic carbocycles. The second-order valence-corrected chi connectivity index (χ2v) is 9.87. The lowest BCUT2D eigenvalue weighted by Crippen LogP contribution is -2.50. The summed E-state index contributed by atoms with van der Waals surface area (Å²) in [5.41, 5.74) is -0.371. The number of hydrogen-bond acceptors (Lipinski definition) is 6. The van der Waals surface area contributed by atoms with Crippen molar-refractivity contribution in [2.45, 2.75) is 24.4 Å². The van der Waals surface area contributed by atoms with Crippen molar-refractivity contribution >= 4 is 33.2 Å². The van der Waals surface area contributed by atoms with E-state index in [1.807, 2.05) is 0 Å². The van der Waals surface area contributed by atoms with Crippen molar-refractivity contribution in [3.63, 3.8) is 0 Å². The van der Waals surface area contributed by atoms with Gasteiger partial charge >= 0.3 is 0 Å². The zero-order valence-electron chi connectivity index (χ0n) is 20.1. The van der Waals surface area contributed by atoms with Gasteiger partial charge in [0.1, 0.15) is 18.4 Å². The number of halogens is 1. The fraction of sp³-hybridized carbons (Fsp3) is 0.200. The van der Waals surface area contributed by atoms with E-state index in [1.54, 1.807) is 12.1 Å². The summed E-state index contributed by atoms with van der Waals surface area (Å²) >= 11 is 0. The average Bonchev–Trinajstić information content (AvgIpc) is 2.90. The zero-order chi connectivity index (χ0) is 27.2. The van der Waals surface area contributed by atoms with Crippen LogP contribution in [0.15, 0.2) is 83.8 Å². The molecule has 1 atom stereocenters. The molecule has 2 amide bonds. The van der Waals surface area contributed by atoms with E-state index >= 15 is 0 Å². The van der Waals surface area contributed by atoms with Crippen molar-refractivity contribution in [3.8, 4) is 0 Å². The number of nitrogens with zero attached hydrogens (tertiary/aromatic N) is 3. The van der Waals surface area contributed by atoms with Crippen molar-refractivity contribution in [1.82, 2.24) is 10.2 Å². The van der Waals surface area contributed by atoms with Crippen molar-refractivity contribution in [3.05, 3.63) is 100 Å². The van der Waals surface area contributed by atoms with E-state index in [2.05, 4.69) is 5.32 Å². The molecule has 0 aliphatic rings. The lowest BCUT2D eigenvalue weighted by molar-refractivity contribution is -0.384. The fourth-order valence-electron chi connectivity index (χ4n) is 3.61. The van der Waals surface area contributed by atoms with Crippen LogP contribution in [0.2, 0.25) is 0 Å². The van der Waals surface area contributed by atoms with Crippen LogP contribution in [0.1, 0.15) is 12.5 Å². The summed E-state index contributed by atoms with van der Waals surface area (Å²) in [7, 11) is -2.99. The number of likely N-dealkylation sites (N-methyl/N-ethyl adjacent to an activating group) is 1. The summed E-state index contributed by atoms with van der Waals surface area (Å²) in [5, 5.41) is 13.8. The highest BCUT2D eigenvalue weighted by atomic mass is 32.2. The number of benzene rings is 3. The lowest BCUT2D eigenvalue weighted by atomic mass is 10.1. The van der Waals surface area contributed by atoms with Crippen LogP contribution in [-0.4, -0.2) is 49.7 Å². The Morgan fingerprint density at radius 2 is 1.68 bits per heavy atom. The van der Waals surface area contributed by atoms with E-state index in [1.165, 1.54) is 74.6 Å². The number of nitro benzene ring substituents is 1. The third-order valence-electron chi connectivity index (χ3n) is 5.65. The Labute approximate surface area is 213 Å². The number of carbonyl (C=O) groups is 2. The number of non-ortho nitro benzene ring substituents is 1. The number of rotatable bonds is 10. The maximum atomic E-state index is 14.4. The summed E-state index contributed by atoms with van der Waals surface area (Å²) in [6.45, 7) is 0.323. The van der Waals surface area contributed by atoms with E-state index in [4.69, 9.17) is 0 Å². The molecule has 0 bridgehead atoms. The van der Waals surface area contributed by atoms with Crippen LogP contribution in [0.4, 0.5) is 15.8 Å². The fourth-order valence-corrected chi connectivity index (χ4v) is 5.04. The molecule has 10 nitrogen and oxygen atoms in total. The molecule has 1 unspecified atom stereocenters. The van der Waals surface area contributed by atoms with Gasteiger partial charge in [-0.05, 0) is 31.2 Å². The minimum atomic E-state index is -4.37. The van der Waals surface area contributed by atoms with Crippen molar-refractivity contribution < 1.29 is 27.3 Å². The maximum Gasteiger partial charge on any atom is 0.271 e. The molecule has 37 heavy (non-hydrogen) atoms. The molecular weight excluding hydrogens is 503 g/mol. The van der Waals surface area contributed by atoms with Gasteiger partial charge in [0, 0.05) is 31.3 Å². The van der Waals surface area contributed by atoms with E-state index < -0.39 is 45.2 Å². The first-order valence-electron chi connectivity index (χ1n) is 11.1. The smallest absolute Gasteiger partial charge is 0.271 e. The third kappa shape index (κ3) is 6.28. The summed E-state index contributed by atoms with van der Waals surface area (Å²) in [6, 6.07) is 16.7. The molecule has 0 radical (unpaired) electrons. The Bertz CT molecular complexity index is 1400. The summed E-state index contributed by atoms with van der Waals surface area (Å²) in [4.78, 5) is 37.6. The largest absolute Gasteiger partial charge is 0.357 e. The first-order chi connectivity index (χ1) is 17.6. The van der Waals surface area contributed by atoms with Crippen LogP contribution in [-0.2, 0) is 26.2 Å². The second kappa shape index (κ2) is 11.6. The number of amides is 2. The van der Waals surface area contributed by atoms with Crippen LogP contribution in [0.25, 0.3) is 0 Å². The summed E-state index contributed by atoms with van der Waals surface area (Å²) < 4.78 is 42.3. The summed E-state index contributed by atoms with van der Waals surface area (Å²) in [6.07, 6.45) is 0. The first kappa shape index (κ1) is 27.3. The highest BCUT2D eigenvalue weighted by Gasteiger charge is 2.33. The molecule has 3 aromatic carbocycles. The molecule has 0 heterocycles. The van der Waals surface area contributed by atoms with Crippen LogP contribution in [0.5, 0.6) is 0 Å². The van der Waals surface area contributed by atoms with Gasteiger partial charge in [-0.15, -0.1) is 0 Å². The SMILES string of the molecule is CNC(=O)C(C)N(Cc1ccccc1F)C(=O)CN(c1cccc([N+](=O)[O-])c1)S(=O)(=O)c1ccccc1. The molecule has 12 heteroatoms. The van der Waals surface area contributed by atoms with E-state index in [0.717, 1.165) is 15.3 Å². The van der Waals surface area contributed by atoms with Crippen molar-refractivity contribution in [1.29, 1.82) is 0 Å². The molecule has 0 spiro atoms. The highest BCUT2D eigenvalue weighted by Crippen LogP contribution is 2.27. The molecule has 194 valence electrons. The Kier molecular flexibility index (Phi) is 8.56. The minimum absolute atomic E-state index is 0.121. The average molecular weight is 529 g/mol.